The minimum atomic E-state index is -0.318. The topological polar surface area (TPSA) is 51.1 Å². The van der Waals surface area contributed by atoms with Gasteiger partial charge in [0.1, 0.15) is 11.7 Å². The summed E-state index contributed by atoms with van der Waals surface area (Å²) >= 11 is 0. The van der Waals surface area contributed by atoms with E-state index in [1.54, 1.807) is 7.05 Å². The van der Waals surface area contributed by atoms with Gasteiger partial charge in [-0.2, -0.15) is 0 Å². The number of carbonyl (C=O) groups is 1. The molecule has 28 heavy (non-hydrogen) atoms. The lowest BCUT2D eigenvalue weighted by Gasteiger charge is -2.37. The molecule has 0 spiro atoms. The zero-order valence-corrected chi connectivity index (χ0v) is 19.7. The summed E-state index contributed by atoms with van der Waals surface area (Å²) in [4.78, 5) is 16.2. The summed E-state index contributed by atoms with van der Waals surface area (Å²) in [5.74, 6) is 0.761. The van der Waals surface area contributed by atoms with Gasteiger partial charge in [0.05, 0.1) is 0 Å². The van der Waals surface area contributed by atoms with Crippen molar-refractivity contribution in [3.8, 4) is 0 Å². The van der Waals surface area contributed by atoms with Crippen LogP contribution in [0.25, 0.3) is 0 Å². The fourth-order valence-corrected chi connectivity index (χ4v) is 2.53. The number of carbonyl (C=O) groups excluding carboxylic acids is 1. The van der Waals surface area contributed by atoms with E-state index in [4.69, 9.17) is 4.74 Å². The van der Waals surface area contributed by atoms with Crippen molar-refractivity contribution in [3.05, 3.63) is 24.3 Å². The van der Waals surface area contributed by atoms with E-state index in [0.29, 0.717) is 18.6 Å². The van der Waals surface area contributed by atoms with Crippen LogP contribution in [0.3, 0.4) is 0 Å². The molecule has 1 unspecified atom stereocenters. The van der Waals surface area contributed by atoms with Crippen LogP contribution >= 0.6 is 0 Å². The van der Waals surface area contributed by atoms with Crippen molar-refractivity contribution in [1.29, 1.82) is 0 Å². The van der Waals surface area contributed by atoms with Crippen LogP contribution < -0.4 is 0 Å². The molecule has 1 aliphatic heterocycles. The molecule has 0 aromatic rings. The van der Waals surface area contributed by atoms with E-state index >= 15 is 0 Å². The summed E-state index contributed by atoms with van der Waals surface area (Å²) in [6.45, 7) is 18.8. The third-order valence-electron chi connectivity index (χ3n) is 3.80. The molecular formula is C23H44N2O3. The number of rotatable bonds is 5. The average Bonchev–Trinajstić information content (AvgIpc) is 2.56. The zero-order valence-electron chi connectivity index (χ0n) is 19.7. The zero-order chi connectivity index (χ0) is 22.2. The van der Waals surface area contributed by atoms with Crippen molar-refractivity contribution >= 4 is 12.4 Å². The van der Waals surface area contributed by atoms with Gasteiger partial charge in [0, 0.05) is 19.6 Å². The quantitative estimate of drug-likeness (QED) is 0.270. The van der Waals surface area contributed by atoms with Gasteiger partial charge in [-0.15, -0.1) is 6.58 Å². The highest BCUT2D eigenvalue weighted by molar-refractivity contribution is 5.87. The van der Waals surface area contributed by atoms with E-state index < -0.39 is 0 Å². The summed E-state index contributed by atoms with van der Waals surface area (Å²) in [6.07, 6.45) is 8.98. The first kappa shape index (κ1) is 28.6. The molecule has 1 saturated heterocycles. The van der Waals surface area contributed by atoms with E-state index in [1.807, 2.05) is 53.7 Å². The highest BCUT2D eigenvalue weighted by Gasteiger charge is 2.26. The number of aliphatic imine (C=N–C) groups is 1. The number of allylic oxidation sites excluding steroid dienone is 2. The van der Waals surface area contributed by atoms with E-state index in [9.17, 15) is 4.79 Å². The molecule has 1 heterocycles. The largest absolute Gasteiger partial charge is 0.474 e. The first-order valence-electron chi connectivity index (χ1n) is 10.2. The van der Waals surface area contributed by atoms with Crippen molar-refractivity contribution < 1.29 is 14.3 Å². The van der Waals surface area contributed by atoms with Gasteiger partial charge in [-0.1, -0.05) is 25.0 Å². The Kier molecular flexibility index (Phi) is 16.7. The molecule has 0 aliphatic carbocycles. The Labute approximate surface area is 173 Å². The van der Waals surface area contributed by atoms with E-state index in [0.717, 1.165) is 25.3 Å². The number of hydrogen-bond acceptors (Lipinski definition) is 5. The summed E-state index contributed by atoms with van der Waals surface area (Å²) in [5, 5.41) is 0. The van der Waals surface area contributed by atoms with Gasteiger partial charge < -0.3 is 14.4 Å². The molecule has 1 aliphatic rings. The van der Waals surface area contributed by atoms with Crippen LogP contribution in [0.2, 0.25) is 0 Å². The fourth-order valence-electron chi connectivity index (χ4n) is 2.53. The minimum absolute atomic E-state index is 0.318. The molecule has 0 aromatic carbocycles. The van der Waals surface area contributed by atoms with E-state index in [2.05, 4.69) is 35.2 Å². The molecule has 0 bridgehead atoms. The molecule has 0 amide bonds. The summed E-state index contributed by atoms with van der Waals surface area (Å²) in [5.41, 5.74) is 0.849. The minimum Gasteiger partial charge on any atom is -0.474 e. The number of likely N-dealkylation sites (tertiary alicyclic amines) is 1. The van der Waals surface area contributed by atoms with Crippen LogP contribution in [0.4, 0.5) is 0 Å². The smallest absolute Gasteiger partial charge is 0.293 e. The van der Waals surface area contributed by atoms with Gasteiger partial charge in [0.25, 0.3) is 6.47 Å². The Balaban J connectivity index is 0. The summed E-state index contributed by atoms with van der Waals surface area (Å²) < 4.78 is 10.5. The van der Waals surface area contributed by atoms with Crippen molar-refractivity contribution in [3.63, 3.8) is 0 Å². The number of hydrogen-bond donors (Lipinski definition) is 0. The standard InChI is InChI=1S/C14H26N2O.C5H10O2.C4H8/c1-5-7-12-11-13(9-10-16(12)4)17-14(15-3)8-6-2;1-5(2,3)7-4-6;1-4(2)3/h6,8,12-13H,5,7,9-11H2,1-4H3;4H,1-3H3;1H2,2-3H3/b8-6-,15-14?;;/t12-,13?;;/m0../s1. The molecule has 0 saturated carbocycles. The number of nitrogens with zero attached hydrogens (tertiary/aromatic N) is 2. The lowest BCUT2D eigenvalue weighted by atomic mass is 9.96. The van der Waals surface area contributed by atoms with Crippen molar-refractivity contribution in [2.75, 3.05) is 20.6 Å². The Morgan fingerprint density at radius 2 is 1.89 bits per heavy atom. The summed E-state index contributed by atoms with van der Waals surface area (Å²) in [7, 11) is 4.01. The number of ether oxygens (including phenoxy) is 2. The molecule has 2 atom stereocenters. The first-order chi connectivity index (χ1) is 13.0. The fraction of sp³-hybridized carbons (Fsp3) is 0.739. The lowest BCUT2D eigenvalue weighted by molar-refractivity contribution is -0.138. The van der Waals surface area contributed by atoms with Crippen molar-refractivity contribution in [1.82, 2.24) is 4.90 Å². The summed E-state index contributed by atoms with van der Waals surface area (Å²) in [6, 6.07) is 0.669. The Hall–Kier alpha value is -1.62. The second kappa shape index (κ2) is 16.3. The van der Waals surface area contributed by atoms with Crippen LogP contribution in [0, 0.1) is 0 Å². The van der Waals surface area contributed by atoms with Crippen LogP contribution in [0.15, 0.2) is 29.3 Å². The monoisotopic (exact) mass is 396 g/mol. The van der Waals surface area contributed by atoms with Gasteiger partial charge in [0.15, 0.2) is 0 Å². The highest BCUT2D eigenvalue weighted by Crippen LogP contribution is 2.22. The average molecular weight is 397 g/mol. The van der Waals surface area contributed by atoms with Crippen LogP contribution in [0.5, 0.6) is 0 Å². The second-order valence-corrected chi connectivity index (χ2v) is 8.28. The molecule has 164 valence electrons. The highest BCUT2D eigenvalue weighted by atomic mass is 16.5. The van der Waals surface area contributed by atoms with Gasteiger partial charge in [-0.25, -0.2) is 0 Å². The first-order valence-corrected chi connectivity index (χ1v) is 10.2. The van der Waals surface area contributed by atoms with Crippen molar-refractivity contribution in [2.45, 2.75) is 91.9 Å². The maximum absolute atomic E-state index is 9.60. The molecule has 0 radical (unpaired) electrons. The third kappa shape index (κ3) is 17.8. The maximum Gasteiger partial charge on any atom is 0.293 e. The van der Waals surface area contributed by atoms with E-state index in [1.165, 1.54) is 18.4 Å². The Morgan fingerprint density at radius 3 is 2.25 bits per heavy atom. The third-order valence-corrected chi connectivity index (χ3v) is 3.80. The lowest BCUT2D eigenvalue weighted by Crippen LogP contribution is -2.43. The number of piperidine rings is 1. The normalized spacial score (nSPS) is 20.4. The van der Waals surface area contributed by atoms with Gasteiger partial charge in [-0.05, 0) is 73.9 Å². The van der Waals surface area contributed by atoms with Gasteiger partial charge in [-0.3, -0.25) is 9.79 Å². The van der Waals surface area contributed by atoms with Crippen molar-refractivity contribution in [2.24, 2.45) is 4.99 Å². The molecule has 5 nitrogen and oxygen atoms in total. The molecule has 5 heteroatoms. The predicted octanol–water partition coefficient (Wildman–Crippen LogP) is 5.41. The van der Waals surface area contributed by atoms with Gasteiger partial charge >= 0.3 is 0 Å². The van der Waals surface area contributed by atoms with Crippen LogP contribution in [-0.4, -0.2) is 55.7 Å². The SMILES string of the molecule is C/C=C\C(=NC)OC1CCN(C)[C@@H](CCC)C1.C=C(C)C.CC(C)(C)OC=O. The Bertz CT molecular complexity index is 475. The Morgan fingerprint density at radius 1 is 1.32 bits per heavy atom. The molecule has 0 N–H and O–H groups in total. The molecule has 0 aromatic heterocycles. The molecule has 1 fully saturated rings. The molecular weight excluding hydrogens is 352 g/mol. The van der Waals surface area contributed by atoms with Gasteiger partial charge in [0.2, 0.25) is 5.90 Å². The molecule has 1 rings (SSSR count). The maximum atomic E-state index is 9.60. The van der Waals surface area contributed by atoms with Crippen LogP contribution in [0.1, 0.15) is 74.1 Å². The van der Waals surface area contributed by atoms with Crippen LogP contribution in [-0.2, 0) is 14.3 Å². The predicted molar refractivity (Wildman–Crippen MR) is 121 cm³/mol. The second-order valence-electron chi connectivity index (χ2n) is 8.28. The van der Waals surface area contributed by atoms with E-state index in [-0.39, 0.29) is 5.60 Å².